The van der Waals surface area contributed by atoms with Gasteiger partial charge in [-0.05, 0) is 30.2 Å². The number of carbonyl (C=O) groups excluding carboxylic acids is 1. The first-order valence-electron chi connectivity index (χ1n) is 7.99. The summed E-state index contributed by atoms with van der Waals surface area (Å²) in [5.74, 6) is 0.564. The van der Waals surface area contributed by atoms with E-state index in [1.807, 2.05) is 54.6 Å². The van der Waals surface area contributed by atoms with Crippen LogP contribution >= 0.6 is 12.4 Å². The fourth-order valence-electron chi connectivity index (χ4n) is 2.31. The van der Waals surface area contributed by atoms with Gasteiger partial charge in [-0.1, -0.05) is 42.5 Å². The second-order valence-corrected chi connectivity index (χ2v) is 5.63. The Bertz CT molecular complexity index is 633. The average molecular weight is 365 g/mol. The number of hydrogen-bond donors (Lipinski definition) is 3. The summed E-state index contributed by atoms with van der Waals surface area (Å²) in [6.45, 7) is 2.61. The minimum absolute atomic E-state index is 0. The molecule has 0 unspecified atom stereocenters. The summed E-state index contributed by atoms with van der Waals surface area (Å²) < 4.78 is 5.74. The number of amides is 1. The van der Waals surface area contributed by atoms with E-state index in [0.29, 0.717) is 13.2 Å². The molecule has 5 nitrogen and oxygen atoms in total. The first kappa shape index (κ1) is 21.0. The maximum Gasteiger partial charge on any atom is 0.239 e. The van der Waals surface area contributed by atoms with E-state index in [-0.39, 0.29) is 18.3 Å². The molecule has 0 heterocycles. The Labute approximate surface area is 154 Å². The number of aliphatic hydroxyl groups is 1. The zero-order valence-corrected chi connectivity index (χ0v) is 15.3. The summed E-state index contributed by atoms with van der Waals surface area (Å²) in [4.78, 5) is 11.7. The maximum atomic E-state index is 11.7. The number of rotatable bonds is 8. The number of halogens is 1. The highest BCUT2D eigenvalue weighted by atomic mass is 35.5. The van der Waals surface area contributed by atoms with Gasteiger partial charge in [0, 0.05) is 13.6 Å². The average Bonchev–Trinajstić information content (AvgIpc) is 2.61. The number of benzene rings is 2. The smallest absolute Gasteiger partial charge is 0.239 e. The van der Waals surface area contributed by atoms with Crippen molar-refractivity contribution in [1.29, 1.82) is 0 Å². The molecule has 0 saturated heterocycles. The van der Waals surface area contributed by atoms with Gasteiger partial charge >= 0.3 is 0 Å². The lowest BCUT2D eigenvalue weighted by atomic mass is 10.1. The van der Waals surface area contributed by atoms with Gasteiger partial charge in [0.1, 0.15) is 18.4 Å². The molecule has 2 rings (SSSR count). The molecule has 0 bridgehead atoms. The normalized spacial score (nSPS) is 12.6. The predicted octanol–water partition coefficient (Wildman–Crippen LogP) is 2.27. The first-order chi connectivity index (χ1) is 11.6. The molecule has 25 heavy (non-hydrogen) atoms. The summed E-state index contributed by atoms with van der Waals surface area (Å²) in [6.07, 6.45) is -0.765. The minimum Gasteiger partial charge on any atom is -0.489 e. The van der Waals surface area contributed by atoms with Crippen LogP contribution in [0, 0.1) is 0 Å². The van der Waals surface area contributed by atoms with Crippen molar-refractivity contribution in [1.82, 2.24) is 10.6 Å². The zero-order chi connectivity index (χ0) is 17.4. The fraction of sp³-hybridized carbons (Fsp3) is 0.316. The largest absolute Gasteiger partial charge is 0.489 e. The number of carbonyl (C=O) groups is 1. The quantitative estimate of drug-likeness (QED) is 0.672. The molecule has 2 atom stereocenters. The molecule has 3 N–H and O–H groups in total. The predicted molar refractivity (Wildman–Crippen MR) is 101 cm³/mol. The monoisotopic (exact) mass is 364 g/mol. The summed E-state index contributed by atoms with van der Waals surface area (Å²) in [7, 11) is 1.55. The van der Waals surface area contributed by atoms with E-state index >= 15 is 0 Å². The highest BCUT2D eigenvalue weighted by molar-refractivity contribution is 5.85. The molecule has 0 spiro atoms. The Morgan fingerprint density at radius 1 is 1.08 bits per heavy atom. The molecule has 0 saturated carbocycles. The van der Waals surface area contributed by atoms with Crippen molar-refractivity contribution in [3.05, 3.63) is 65.7 Å². The van der Waals surface area contributed by atoms with Gasteiger partial charge in [0.2, 0.25) is 5.91 Å². The highest BCUT2D eigenvalue weighted by Crippen LogP contribution is 2.14. The summed E-state index contributed by atoms with van der Waals surface area (Å²) >= 11 is 0. The fourth-order valence-corrected chi connectivity index (χ4v) is 2.31. The highest BCUT2D eigenvalue weighted by Gasteiger charge is 2.21. The van der Waals surface area contributed by atoms with Gasteiger partial charge in [-0.3, -0.25) is 10.1 Å². The van der Waals surface area contributed by atoms with Gasteiger partial charge in [-0.25, -0.2) is 0 Å². The number of aliphatic hydroxyl groups excluding tert-OH is 1. The number of nitrogens with one attached hydrogen (secondary N) is 2. The molecule has 136 valence electrons. The van der Waals surface area contributed by atoms with Gasteiger partial charge in [-0.2, -0.15) is 0 Å². The first-order valence-corrected chi connectivity index (χ1v) is 7.99. The van der Waals surface area contributed by atoms with E-state index in [1.165, 1.54) is 0 Å². The molecule has 2 aromatic rings. The molecule has 0 fully saturated rings. The Hall–Kier alpha value is -2.08. The molecule has 1 amide bonds. The van der Waals surface area contributed by atoms with Crippen molar-refractivity contribution >= 4 is 18.3 Å². The van der Waals surface area contributed by atoms with Crippen LogP contribution in [0.15, 0.2) is 54.6 Å². The van der Waals surface area contributed by atoms with Crippen LogP contribution in [-0.2, 0) is 17.9 Å². The molecule has 0 aliphatic heterocycles. The Morgan fingerprint density at radius 2 is 1.72 bits per heavy atom. The van der Waals surface area contributed by atoms with Crippen molar-refractivity contribution in [2.45, 2.75) is 32.2 Å². The number of ether oxygens (including phenoxy) is 1. The third kappa shape index (κ3) is 6.74. The number of hydrogen-bond acceptors (Lipinski definition) is 4. The van der Waals surface area contributed by atoms with E-state index in [1.54, 1.807) is 14.0 Å². The van der Waals surface area contributed by atoms with Crippen LogP contribution in [0.4, 0.5) is 0 Å². The van der Waals surface area contributed by atoms with Crippen LogP contribution in [0.25, 0.3) is 0 Å². The lowest BCUT2D eigenvalue weighted by Gasteiger charge is -2.20. The van der Waals surface area contributed by atoms with E-state index in [0.717, 1.165) is 16.9 Å². The van der Waals surface area contributed by atoms with Crippen LogP contribution in [0.3, 0.4) is 0 Å². The Morgan fingerprint density at radius 3 is 2.28 bits per heavy atom. The van der Waals surface area contributed by atoms with Gasteiger partial charge in [0.25, 0.3) is 0 Å². The van der Waals surface area contributed by atoms with Crippen LogP contribution in [0.5, 0.6) is 5.75 Å². The van der Waals surface area contributed by atoms with Crippen LogP contribution in [-0.4, -0.2) is 30.2 Å². The van der Waals surface area contributed by atoms with Gasteiger partial charge in [0.15, 0.2) is 0 Å². The maximum absolute atomic E-state index is 11.7. The van der Waals surface area contributed by atoms with E-state index < -0.39 is 12.1 Å². The molecular weight excluding hydrogens is 340 g/mol. The molecule has 0 aliphatic rings. The SMILES string of the molecule is CNC(=O)[C@H](NCc1ccc(OCc2ccccc2)cc1)[C@H](C)O.Cl. The lowest BCUT2D eigenvalue weighted by molar-refractivity contribution is -0.125. The zero-order valence-electron chi connectivity index (χ0n) is 14.4. The van der Waals surface area contributed by atoms with Crippen molar-refractivity contribution in [2.75, 3.05) is 7.05 Å². The molecule has 6 heteroatoms. The summed E-state index contributed by atoms with van der Waals surface area (Å²) in [5.41, 5.74) is 2.13. The third-order valence-electron chi connectivity index (χ3n) is 3.71. The van der Waals surface area contributed by atoms with Gasteiger partial charge in [0.05, 0.1) is 6.10 Å². The van der Waals surface area contributed by atoms with Crippen LogP contribution < -0.4 is 15.4 Å². The molecule has 0 aromatic heterocycles. The third-order valence-corrected chi connectivity index (χ3v) is 3.71. The van der Waals surface area contributed by atoms with E-state index in [9.17, 15) is 9.90 Å². The summed E-state index contributed by atoms with van der Waals surface area (Å²) in [5, 5.41) is 15.3. The van der Waals surface area contributed by atoms with Crippen molar-refractivity contribution in [3.63, 3.8) is 0 Å². The Balaban J connectivity index is 0.00000312. The molecule has 0 radical (unpaired) electrons. The lowest BCUT2D eigenvalue weighted by Crippen LogP contribution is -2.49. The Kier molecular flexibility index (Phi) is 8.99. The standard InChI is InChI=1S/C19H24N2O3.ClH/c1-14(22)18(19(23)20-2)21-12-15-8-10-17(11-9-15)24-13-16-6-4-3-5-7-16;/h3-11,14,18,21-22H,12-13H2,1-2H3,(H,20,23);1H/t14-,18+;/m0./s1. The van der Waals surface area contributed by atoms with Crippen molar-refractivity contribution in [3.8, 4) is 5.75 Å². The molecule has 0 aliphatic carbocycles. The van der Waals surface area contributed by atoms with Crippen molar-refractivity contribution in [2.24, 2.45) is 0 Å². The van der Waals surface area contributed by atoms with Gasteiger partial charge in [-0.15, -0.1) is 12.4 Å². The molecule has 2 aromatic carbocycles. The number of likely N-dealkylation sites (N-methyl/N-ethyl adjacent to an activating group) is 1. The van der Waals surface area contributed by atoms with Crippen molar-refractivity contribution < 1.29 is 14.6 Å². The summed E-state index contributed by atoms with van der Waals surface area (Å²) in [6, 6.07) is 17.0. The van der Waals surface area contributed by atoms with E-state index in [2.05, 4.69) is 10.6 Å². The second kappa shape index (κ2) is 10.7. The van der Waals surface area contributed by atoms with E-state index in [4.69, 9.17) is 4.74 Å². The van der Waals surface area contributed by atoms with Crippen LogP contribution in [0.1, 0.15) is 18.1 Å². The topological polar surface area (TPSA) is 70.6 Å². The van der Waals surface area contributed by atoms with Crippen LogP contribution in [0.2, 0.25) is 0 Å². The molecular formula is C19H25ClN2O3. The minimum atomic E-state index is -0.765. The second-order valence-electron chi connectivity index (χ2n) is 5.63. The van der Waals surface area contributed by atoms with Gasteiger partial charge < -0.3 is 15.2 Å².